The topological polar surface area (TPSA) is 60.9 Å². The Morgan fingerprint density at radius 1 is 1.03 bits per heavy atom. The number of benzene rings is 2. The zero-order valence-corrected chi connectivity index (χ0v) is 19.8. The van der Waals surface area contributed by atoms with Crippen molar-refractivity contribution in [1.82, 2.24) is 9.80 Å². The molecule has 1 atom stereocenters. The Hall–Kier alpha value is -2.92. The maximum absolute atomic E-state index is 13.3. The van der Waals surface area contributed by atoms with Crippen LogP contribution in [0.2, 0.25) is 0 Å². The van der Waals surface area contributed by atoms with E-state index in [4.69, 9.17) is 0 Å². The molecule has 0 radical (unpaired) electrons. The second-order valence-corrected chi connectivity index (χ2v) is 9.75. The molecule has 0 saturated carbocycles. The number of ketones is 1. The molecule has 32 heavy (non-hydrogen) atoms. The van der Waals surface area contributed by atoms with Crippen LogP contribution in [0.3, 0.4) is 0 Å². The number of amides is 1. The number of hydrogen-bond donors (Lipinski definition) is 1. The number of aliphatic hydroxyl groups excluding tert-OH is 1. The van der Waals surface area contributed by atoms with E-state index < -0.39 is 17.7 Å². The van der Waals surface area contributed by atoms with Gasteiger partial charge in [-0.1, -0.05) is 75.4 Å². The lowest BCUT2D eigenvalue weighted by Gasteiger charge is -2.28. The number of aliphatic hydroxyl groups is 1. The van der Waals surface area contributed by atoms with Gasteiger partial charge in [-0.05, 0) is 42.6 Å². The van der Waals surface area contributed by atoms with Crippen molar-refractivity contribution in [3.8, 4) is 0 Å². The lowest BCUT2D eigenvalue weighted by Crippen LogP contribution is -2.36. The number of likely N-dealkylation sites (N-methyl/N-ethyl adjacent to an activating group) is 1. The molecule has 0 aliphatic carbocycles. The van der Waals surface area contributed by atoms with E-state index in [1.165, 1.54) is 5.56 Å². The predicted molar refractivity (Wildman–Crippen MR) is 128 cm³/mol. The van der Waals surface area contributed by atoms with Gasteiger partial charge < -0.3 is 14.9 Å². The summed E-state index contributed by atoms with van der Waals surface area (Å²) in [6, 6.07) is 17.3. The Balaban J connectivity index is 1.92. The predicted octanol–water partition coefficient (Wildman–Crippen LogP) is 4.44. The first-order chi connectivity index (χ1) is 15.1. The van der Waals surface area contributed by atoms with Crippen molar-refractivity contribution in [2.45, 2.75) is 45.1 Å². The molecule has 2 aromatic carbocycles. The molecular weight excluding hydrogens is 400 g/mol. The molecule has 5 nitrogen and oxygen atoms in total. The van der Waals surface area contributed by atoms with Crippen LogP contribution in [-0.4, -0.2) is 53.8 Å². The molecule has 1 unspecified atom stereocenters. The number of nitrogens with zero attached hydrogens (tertiary/aromatic N) is 2. The van der Waals surface area contributed by atoms with Crippen LogP contribution in [0.5, 0.6) is 0 Å². The van der Waals surface area contributed by atoms with Gasteiger partial charge in [-0.25, -0.2) is 0 Å². The summed E-state index contributed by atoms with van der Waals surface area (Å²) in [5, 5.41) is 10.7. The standard InChI is InChI=1S/C27H34N2O3/c1-27(2,3)21-14-12-20(13-15-21)24-23(22(30)16-11-19-9-7-6-8-10-19)25(31)26(32)29(24)18-17-28(4)5/h6-10,12-15,24,31H,11,16-18H2,1-5H3. The third-order valence-corrected chi connectivity index (χ3v) is 5.97. The Labute approximate surface area is 191 Å². The minimum absolute atomic E-state index is 0.000939. The highest BCUT2D eigenvalue weighted by Crippen LogP contribution is 2.39. The van der Waals surface area contributed by atoms with Crippen LogP contribution >= 0.6 is 0 Å². The summed E-state index contributed by atoms with van der Waals surface area (Å²) in [5.41, 5.74) is 3.29. The summed E-state index contributed by atoms with van der Waals surface area (Å²) in [4.78, 5) is 29.8. The Morgan fingerprint density at radius 3 is 2.22 bits per heavy atom. The van der Waals surface area contributed by atoms with Gasteiger partial charge in [-0.3, -0.25) is 9.59 Å². The van der Waals surface area contributed by atoms with Crippen molar-refractivity contribution in [2.24, 2.45) is 0 Å². The first-order valence-corrected chi connectivity index (χ1v) is 11.2. The van der Waals surface area contributed by atoms with E-state index in [1.807, 2.05) is 73.6 Å². The quantitative estimate of drug-likeness (QED) is 0.667. The zero-order valence-electron chi connectivity index (χ0n) is 19.8. The molecule has 5 heteroatoms. The molecule has 1 amide bonds. The molecule has 0 fully saturated rings. The molecule has 0 bridgehead atoms. The maximum atomic E-state index is 13.3. The van der Waals surface area contributed by atoms with E-state index in [9.17, 15) is 14.7 Å². The van der Waals surface area contributed by atoms with Gasteiger partial charge in [0.15, 0.2) is 11.5 Å². The first-order valence-electron chi connectivity index (χ1n) is 11.2. The average molecular weight is 435 g/mol. The van der Waals surface area contributed by atoms with Gasteiger partial charge in [-0.15, -0.1) is 0 Å². The van der Waals surface area contributed by atoms with Crippen LogP contribution in [0.25, 0.3) is 0 Å². The average Bonchev–Trinajstić information content (AvgIpc) is 3.01. The Kier molecular flexibility index (Phi) is 7.19. The highest BCUT2D eigenvalue weighted by Gasteiger charge is 2.43. The third-order valence-electron chi connectivity index (χ3n) is 5.97. The molecule has 3 rings (SSSR count). The van der Waals surface area contributed by atoms with E-state index >= 15 is 0 Å². The summed E-state index contributed by atoms with van der Waals surface area (Å²) in [5.74, 6) is -1.07. The largest absolute Gasteiger partial charge is 0.503 e. The molecule has 0 aromatic heterocycles. The van der Waals surface area contributed by atoms with Crippen LogP contribution in [0.15, 0.2) is 65.9 Å². The molecular formula is C27H34N2O3. The fourth-order valence-corrected chi connectivity index (χ4v) is 4.03. The molecule has 0 saturated heterocycles. The van der Waals surface area contributed by atoms with Gasteiger partial charge >= 0.3 is 0 Å². The molecule has 1 heterocycles. The van der Waals surface area contributed by atoms with Gasteiger partial charge in [0.05, 0.1) is 11.6 Å². The highest BCUT2D eigenvalue weighted by atomic mass is 16.3. The number of aryl methyl sites for hydroxylation is 1. The summed E-state index contributed by atoms with van der Waals surface area (Å²) in [7, 11) is 3.87. The van der Waals surface area contributed by atoms with Crippen LogP contribution in [0, 0.1) is 0 Å². The molecule has 1 N–H and O–H groups in total. The zero-order chi connectivity index (χ0) is 23.5. The number of hydrogen-bond acceptors (Lipinski definition) is 4. The van der Waals surface area contributed by atoms with E-state index in [1.54, 1.807) is 4.90 Å². The van der Waals surface area contributed by atoms with Crippen LogP contribution in [0.1, 0.15) is 49.9 Å². The molecule has 2 aromatic rings. The fourth-order valence-electron chi connectivity index (χ4n) is 4.03. The smallest absolute Gasteiger partial charge is 0.290 e. The number of Topliss-reactive ketones (excluding diaryl/α,β-unsaturated/α-hetero) is 1. The third kappa shape index (κ3) is 5.28. The highest BCUT2D eigenvalue weighted by molar-refractivity contribution is 6.09. The van der Waals surface area contributed by atoms with Crippen molar-refractivity contribution in [3.05, 3.63) is 82.6 Å². The monoisotopic (exact) mass is 434 g/mol. The van der Waals surface area contributed by atoms with Crippen LogP contribution < -0.4 is 0 Å². The minimum Gasteiger partial charge on any atom is -0.503 e. The Bertz CT molecular complexity index is 986. The summed E-state index contributed by atoms with van der Waals surface area (Å²) < 4.78 is 0. The van der Waals surface area contributed by atoms with E-state index in [2.05, 4.69) is 20.8 Å². The van der Waals surface area contributed by atoms with Crippen molar-refractivity contribution in [3.63, 3.8) is 0 Å². The van der Waals surface area contributed by atoms with Gasteiger partial charge in [-0.2, -0.15) is 0 Å². The van der Waals surface area contributed by atoms with Gasteiger partial charge in [0, 0.05) is 19.5 Å². The summed E-state index contributed by atoms with van der Waals surface area (Å²) in [6.45, 7) is 7.51. The summed E-state index contributed by atoms with van der Waals surface area (Å²) in [6.07, 6.45) is 0.812. The second-order valence-electron chi connectivity index (χ2n) is 9.75. The van der Waals surface area contributed by atoms with Crippen molar-refractivity contribution in [1.29, 1.82) is 0 Å². The molecule has 0 spiro atoms. The lowest BCUT2D eigenvalue weighted by molar-refractivity contribution is -0.129. The minimum atomic E-state index is -0.570. The number of carbonyl (C=O) groups is 2. The fraction of sp³-hybridized carbons (Fsp3) is 0.407. The van der Waals surface area contributed by atoms with Crippen molar-refractivity contribution in [2.75, 3.05) is 27.2 Å². The summed E-state index contributed by atoms with van der Waals surface area (Å²) >= 11 is 0. The van der Waals surface area contributed by atoms with Gasteiger partial charge in [0.2, 0.25) is 0 Å². The Morgan fingerprint density at radius 2 is 1.66 bits per heavy atom. The SMILES string of the molecule is CN(C)CCN1C(=O)C(O)=C(C(=O)CCc2ccccc2)C1c1ccc(C(C)(C)C)cc1. The van der Waals surface area contributed by atoms with E-state index in [-0.39, 0.29) is 23.2 Å². The van der Waals surface area contributed by atoms with Crippen LogP contribution in [-0.2, 0) is 21.4 Å². The first kappa shape index (κ1) is 23.7. The lowest BCUT2D eigenvalue weighted by atomic mass is 9.85. The number of rotatable bonds is 8. The van der Waals surface area contributed by atoms with Crippen molar-refractivity contribution < 1.29 is 14.7 Å². The maximum Gasteiger partial charge on any atom is 0.290 e. The molecule has 1 aliphatic heterocycles. The molecule has 170 valence electrons. The van der Waals surface area contributed by atoms with Crippen molar-refractivity contribution >= 4 is 11.7 Å². The molecule has 1 aliphatic rings. The second kappa shape index (κ2) is 9.70. The van der Waals surface area contributed by atoms with E-state index in [0.29, 0.717) is 19.5 Å². The van der Waals surface area contributed by atoms with Crippen LogP contribution in [0.4, 0.5) is 0 Å². The van der Waals surface area contributed by atoms with Gasteiger partial charge in [0.1, 0.15) is 0 Å². The normalized spacial score (nSPS) is 16.9. The van der Waals surface area contributed by atoms with E-state index in [0.717, 1.165) is 11.1 Å². The number of carbonyl (C=O) groups excluding carboxylic acids is 2. The van der Waals surface area contributed by atoms with Gasteiger partial charge in [0.25, 0.3) is 5.91 Å².